The summed E-state index contributed by atoms with van der Waals surface area (Å²) in [4.78, 5) is 28.9. The molecule has 1 aromatic heterocycles. The Balaban J connectivity index is 1.65. The lowest BCUT2D eigenvalue weighted by Crippen LogP contribution is -2.41. The highest BCUT2D eigenvalue weighted by Crippen LogP contribution is 2.35. The Morgan fingerprint density at radius 2 is 1.51 bits per heavy atom. The summed E-state index contributed by atoms with van der Waals surface area (Å²) in [6.07, 6.45) is 0.710. The van der Waals surface area contributed by atoms with Crippen molar-refractivity contribution < 1.29 is 14.3 Å². The molecule has 1 heterocycles. The largest absolute Gasteiger partial charge is 0.497 e. The van der Waals surface area contributed by atoms with Gasteiger partial charge in [-0.15, -0.1) is 0 Å². The maximum Gasteiger partial charge on any atom is 0.322 e. The van der Waals surface area contributed by atoms with Gasteiger partial charge in [-0.05, 0) is 66.1 Å². The second-order valence-electron chi connectivity index (χ2n) is 11.3. The predicted molar refractivity (Wildman–Crippen MR) is 174 cm³/mol. The van der Waals surface area contributed by atoms with E-state index in [1.807, 2.05) is 74.5 Å². The predicted octanol–water partition coefficient (Wildman–Crippen LogP) is 7.99. The van der Waals surface area contributed by atoms with Gasteiger partial charge in [0.25, 0.3) is 0 Å². The van der Waals surface area contributed by atoms with Gasteiger partial charge in [0.05, 0.1) is 18.5 Å². The molecule has 0 spiro atoms. The van der Waals surface area contributed by atoms with Gasteiger partial charge in [0.15, 0.2) is 0 Å². The van der Waals surface area contributed by atoms with Gasteiger partial charge in [-0.25, -0.2) is 9.48 Å². The Morgan fingerprint density at radius 3 is 2.07 bits per heavy atom. The number of anilines is 2. The van der Waals surface area contributed by atoms with Gasteiger partial charge in [0.2, 0.25) is 5.91 Å². The Labute approximate surface area is 255 Å². The molecule has 4 rings (SSSR count). The van der Waals surface area contributed by atoms with Crippen LogP contribution in [0.3, 0.4) is 0 Å². The zero-order chi connectivity index (χ0) is 31.1. The average Bonchev–Trinajstić information content (AvgIpc) is 3.32. The van der Waals surface area contributed by atoms with Crippen molar-refractivity contribution in [1.82, 2.24) is 14.7 Å². The SMILES string of the molecule is CCCN(CC(=O)Nc1c(-c2ccccc2)c(C)nn1-c1ccc(OC)cc1)C(=O)Nc1c(C(C)C)cccc1C(C)C. The summed E-state index contributed by atoms with van der Waals surface area (Å²) >= 11 is 0. The van der Waals surface area contributed by atoms with E-state index in [0.717, 1.165) is 45.1 Å². The number of urea groups is 1. The Hall–Kier alpha value is -4.59. The molecule has 0 saturated heterocycles. The number of rotatable bonds is 11. The Morgan fingerprint density at radius 1 is 0.884 bits per heavy atom. The standard InChI is InChI=1S/C35H43N5O3/c1-8-21-39(35(42)37-33-29(23(2)3)15-12-16-30(33)24(4)5)22-31(41)36-34-32(26-13-10-9-11-14-26)25(6)38-40(34)27-17-19-28(43-7)20-18-27/h9-20,23-24H,8,21-22H2,1-7H3,(H,36,41)(H,37,42). The minimum Gasteiger partial charge on any atom is -0.497 e. The van der Waals surface area contributed by atoms with E-state index in [1.54, 1.807) is 16.7 Å². The number of amides is 3. The highest BCUT2D eigenvalue weighted by molar-refractivity contribution is 5.99. The second kappa shape index (κ2) is 14.1. The summed E-state index contributed by atoms with van der Waals surface area (Å²) < 4.78 is 7.06. The van der Waals surface area contributed by atoms with Crippen LogP contribution in [0, 0.1) is 6.92 Å². The number of nitrogens with one attached hydrogen (secondary N) is 2. The number of hydrogen-bond acceptors (Lipinski definition) is 4. The molecule has 3 aromatic carbocycles. The van der Waals surface area contributed by atoms with Gasteiger partial charge >= 0.3 is 6.03 Å². The van der Waals surface area contributed by atoms with E-state index in [4.69, 9.17) is 9.84 Å². The molecule has 0 saturated carbocycles. The van der Waals surface area contributed by atoms with Gasteiger partial charge in [-0.3, -0.25) is 4.79 Å². The summed E-state index contributed by atoms with van der Waals surface area (Å²) in [6, 6.07) is 23.2. The van der Waals surface area contributed by atoms with Gasteiger partial charge < -0.3 is 20.3 Å². The molecule has 0 aliphatic heterocycles. The van der Waals surface area contributed by atoms with Crippen LogP contribution in [0.2, 0.25) is 0 Å². The molecule has 43 heavy (non-hydrogen) atoms. The number of aromatic nitrogens is 2. The van der Waals surface area contributed by atoms with Crippen molar-refractivity contribution >= 4 is 23.4 Å². The van der Waals surface area contributed by atoms with Crippen molar-refractivity contribution in [2.75, 3.05) is 30.8 Å². The molecule has 0 unspecified atom stereocenters. The molecular formula is C35H43N5O3. The van der Waals surface area contributed by atoms with E-state index in [9.17, 15) is 9.59 Å². The number of carbonyl (C=O) groups excluding carboxylic acids is 2. The number of ether oxygens (including phenoxy) is 1. The van der Waals surface area contributed by atoms with Crippen LogP contribution in [0.15, 0.2) is 72.8 Å². The van der Waals surface area contributed by atoms with E-state index in [1.165, 1.54) is 0 Å². The molecule has 2 N–H and O–H groups in total. The lowest BCUT2D eigenvalue weighted by molar-refractivity contribution is -0.116. The number of hydrogen-bond donors (Lipinski definition) is 2. The number of aryl methyl sites for hydroxylation is 1. The Bertz CT molecular complexity index is 1520. The molecule has 0 aliphatic rings. The fraction of sp³-hybridized carbons (Fsp3) is 0.343. The van der Waals surface area contributed by atoms with Gasteiger partial charge in [-0.2, -0.15) is 5.10 Å². The summed E-state index contributed by atoms with van der Waals surface area (Å²) in [5, 5.41) is 11.1. The van der Waals surface area contributed by atoms with Crippen LogP contribution >= 0.6 is 0 Å². The highest BCUT2D eigenvalue weighted by Gasteiger charge is 2.24. The van der Waals surface area contributed by atoms with Crippen molar-refractivity contribution in [1.29, 1.82) is 0 Å². The van der Waals surface area contributed by atoms with E-state index in [2.05, 4.69) is 50.5 Å². The normalized spacial score (nSPS) is 11.1. The number of carbonyl (C=O) groups is 2. The molecule has 0 fully saturated rings. The van der Waals surface area contributed by atoms with Crippen LogP contribution < -0.4 is 15.4 Å². The summed E-state index contributed by atoms with van der Waals surface area (Å²) in [5.41, 5.74) is 6.29. The molecule has 226 valence electrons. The summed E-state index contributed by atoms with van der Waals surface area (Å²) in [7, 11) is 1.62. The highest BCUT2D eigenvalue weighted by atomic mass is 16.5. The molecule has 0 radical (unpaired) electrons. The molecule has 0 atom stereocenters. The third-order valence-corrected chi connectivity index (χ3v) is 7.42. The van der Waals surface area contributed by atoms with E-state index < -0.39 is 0 Å². The van der Waals surface area contributed by atoms with Crippen LogP contribution in [0.1, 0.15) is 69.7 Å². The van der Waals surface area contributed by atoms with Gasteiger partial charge in [0, 0.05) is 17.8 Å². The fourth-order valence-electron chi connectivity index (χ4n) is 5.25. The zero-order valence-electron chi connectivity index (χ0n) is 26.3. The second-order valence-corrected chi connectivity index (χ2v) is 11.3. The maximum absolute atomic E-state index is 13.7. The first kappa shape index (κ1) is 31.3. The van der Waals surface area contributed by atoms with Crippen molar-refractivity contribution in [3.05, 3.63) is 89.6 Å². The number of para-hydroxylation sites is 1. The topological polar surface area (TPSA) is 88.5 Å². The fourth-order valence-corrected chi connectivity index (χ4v) is 5.25. The summed E-state index contributed by atoms with van der Waals surface area (Å²) in [5.74, 6) is 1.42. The molecule has 8 heteroatoms. The zero-order valence-corrected chi connectivity index (χ0v) is 26.3. The number of benzene rings is 3. The monoisotopic (exact) mass is 581 g/mol. The summed E-state index contributed by atoms with van der Waals surface area (Å²) in [6.45, 7) is 12.7. The van der Waals surface area contributed by atoms with Crippen molar-refractivity contribution in [3.63, 3.8) is 0 Å². The van der Waals surface area contributed by atoms with Crippen LogP contribution in [0.5, 0.6) is 5.75 Å². The Kier molecular flexibility index (Phi) is 10.2. The van der Waals surface area contributed by atoms with Crippen LogP contribution in [-0.4, -0.2) is 46.8 Å². The first-order valence-electron chi connectivity index (χ1n) is 14.9. The lowest BCUT2D eigenvalue weighted by atomic mass is 9.93. The van der Waals surface area contributed by atoms with E-state index >= 15 is 0 Å². The van der Waals surface area contributed by atoms with Gasteiger partial charge in [0.1, 0.15) is 18.1 Å². The smallest absolute Gasteiger partial charge is 0.322 e. The molecule has 8 nitrogen and oxygen atoms in total. The minimum atomic E-state index is -0.309. The average molecular weight is 582 g/mol. The third kappa shape index (κ3) is 7.25. The molecule has 3 amide bonds. The van der Waals surface area contributed by atoms with Crippen molar-refractivity contribution in [3.8, 4) is 22.6 Å². The van der Waals surface area contributed by atoms with Crippen LogP contribution in [0.4, 0.5) is 16.3 Å². The first-order chi connectivity index (χ1) is 20.6. The first-order valence-corrected chi connectivity index (χ1v) is 14.9. The molecule has 4 aromatic rings. The quantitative estimate of drug-likeness (QED) is 0.188. The lowest BCUT2D eigenvalue weighted by Gasteiger charge is -2.26. The number of nitrogens with zero attached hydrogens (tertiary/aromatic N) is 3. The maximum atomic E-state index is 13.7. The van der Waals surface area contributed by atoms with Crippen LogP contribution in [-0.2, 0) is 4.79 Å². The van der Waals surface area contributed by atoms with Gasteiger partial charge in [-0.1, -0.05) is 83.1 Å². The van der Waals surface area contributed by atoms with Crippen LogP contribution in [0.25, 0.3) is 16.8 Å². The number of methoxy groups -OCH3 is 1. The molecular weight excluding hydrogens is 538 g/mol. The van der Waals surface area contributed by atoms with E-state index in [0.29, 0.717) is 18.8 Å². The third-order valence-electron chi connectivity index (χ3n) is 7.42. The minimum absolute atomic E-state index is 0.110. The molecule has 0 bridgehead atoms. The van der Waals surface area contributed by atoms with Crippen molar-refractivity contribution in [2.45, 2.75) is 59.8 Å². The molecule has 0 aliphatic carbocycles. The van der Waals surface area contributed by atoms with Crippen molar-refractivity contribution in [2.24, 2.45) is 0 Å². The van der Waals surface area contributed by atoms with E-state index in [-0.39, 0.29) is 30.3 Å².